The van der Waals surface area contributed by atoms with Gasteiger partial charge in [-0.2, -0.15) is 0 Å². The fraction of sp³-hybridized carbons (Fsp3) is 0.429. The molecule has 102 valence electrons. The monoisotopic (exact) mass is 259 g/mol. The number of aromatic nitrogens is 2. The van der Waals surface area contributed by atoms with E-state index in [1.165, 1.54) is 0 Å². The van der Waals surface area contributed by atoms with Crippen molar-refractivity contribution in [2.45, 2.75) is 20.3 Å². The Morgan fingerprint density at radius 2 is 2.26 bits per heavy atom. The molecule has 0 bridgehead atoms. The van der Waals surface area contributed by atoms with Gasteiger partial charge in [-0.1, -0.05) is 19.9 Å². The van der Waals surface area contributed by atoms with E-state index in [1.54, 1.807) is 6.20 Å². The Hall–Kier alpha value is -2.04. The molecule has 0 aliphatic carbocycles. The molecular formula is C14H21N5. The van der Waals surface area contributed by atoms with Gasteiger partial charge in [0.05, 0.1) is 5.84 Å². The first-order chi connectivity index (χ1) is 9.08. The van der Waals surface area contributed by atoms with Crippen molar-refractivity contribution in [1.82, 2.24) is 9.38 Å². The summed E-state index contributed by atoms with van der Waals surface area (Å²) in [6.45, 7) is 6.07. The van der Waals surface area contributed by atoms with Crippen LogP contribution >= 0.6 is 0 Å². The van der Waals surface area contributed by atoms with Gasteiger partial charge in [-0.3, -0.25) is 9.81 Å². The number of imidazole rings is 1. The number of fused-ring (bicyclic) bond motifs is 1. The normalized spacial score (nSPS) is 11.1. The summed E-state index contributed by atoms with van der Waals surface area (Å²) >= 11 is 0. The van der Waals surface area contributed by atoms with Gasteiger partial charge in [-0.25, -0.2) is 4.98 Å². The number of nitrogens with two attached hydrogens (primary N) is 1. The maximum absolute atomic E-state index is 7.40. The highest BCUT2D eigenvalue weighted by atomic mass is 15.2. The predicted molar refractivity (Wildman–Crippen MR) is 78.8 cm³/mol. The van der Waals surface area contributed by atoms with Gasteiger partial charge in [0.15, 0.2) is 0 Å². The van der Waals surface area contributed by atoms with Crippen LogP contribution in [0.1, 0.15) is 20.3 Å². The molecule has 2 heterocycles. The second-order valence-electron chi connectivity index (χ2n) is 5.15. The molecule has 19 heavy (non-hydrogen) atoms. The quantitative estimate of drug-likeness (QED) is 0.616. The molecule has 0 amide bonds. The van der Waals surface area contributed by atoms with Gasteiger partial charge in [0.2, 0.25) is 0 Å². The van der Waals surface area contributed by atoms with Crippen molar-refractivity contribution >= 4 is 17.3 Å². The molecule has 0 fully saturated rings. The van der Waals surface area contributed by atoms with E-state index in [0.717, 1.165) is 24.6 Å². The Bertz CT molecular complexity index is 558. The maximum Gasteiger partial charge on any atom is 0.138 e. The summed E-state index contributed by atoms with van der Waals surface area (Å²) in [5.41, 5.74) is 6.42. The fourth-order valence-electron chi connectivity index (χ4n) is 2.19. The van der Waals surface area contributed by atoms with Crippen molar-refractivity contribution in [2.75, 3.05) is 18.0 Å². The average Bonchev–Trinajstić information content (AvgIpc) is 2.81. The van der Waals surface area contributed by atoms with Gasteiger partial charge in [0, 0.05) is 31.9 Å². The Morgan fingerprint density at radius 1 is 1.47 bits per heavy atom. The molecule has 0 saturated carbocycles. The van der Waals surface area contributed by atoms with Crippen molar-refractivity contribution in [1.29, 1.82) is 5.41 Å². The van der Waals surface area contributed by atoms with Crippen molar-refractivity contribution < 1.29 is 0 Å². The van der Waals surface area contributed by atoms with E-state index < -0.39 is 0 Å². The van der Waals surface area contributed by atoms with Crippen LogP contribution < -0.4 is 10.6 Å². The summed E-state index contributed by atoms with van der Waals surface area (Å²) in [6.07, 6.45) is 4.35. The van der Waals surface area contributed by atoms with E-state index in [4.69, 9.17) is 11.1 Å². The molecule has 2 aromatic heterocycles. The minimum absolute atomic E-state index is 0.228. The van der Waals surface area contributed by atoms with Crippen molar-refractivity contribution in [3.05, 3.63) is 30.6 Å². The van der Waals surface area contributed by atoms with Gasteiger partial charge in [-0.15, -0.1) is 0 Å². The van der Waals surface area contributed by atoms with Crippen LogP contribution in [0.5, 0.6) is 0 Å². The zero-order valence-corrected chi connectivity index (χ0v) is 11.5. The molecule has 3 N–H and O–H groups in total. The smallest absolute Gasteiger partial charge is 0.138 e. The molecule has 0 aliphatic heterocycles. The molecule has 5 nitrogen and oxygen atoms in total. The third kappa shape index (κ3) is 3.24. The number of nitrogens with one attached hydrogen (secondary N) is 1. The van der Waals surface area contributed by atoms with Crippen LogP contribution in [-0.2, 0) is 0 Å². The third-order valence-electron chi connectivity index (χ3n) is 2.97. The van der Waals surface area contributed by atoms with Crippen LogP contribution in [0.15, 0.2) is 30.6 Å². The Kier molecular flexibility index (Phi) is 4.04. The van der Waals surface area contributed by atoms with Crippen LogP contribution in [0, 0.1) is 11.3 Å². The van der Waals surface area contributed by atoms with Gasteiger partial charge >= 0.3 is 0 Å². The lowest BCUT2D eigenvalue weighted by molar-refractivity contribution is 0.607. The summed E-state index contributed by atoms with van der Waals surface area (Å²) in [7, 11) is 0. The topological polar surface area (TPSA) is 70.4 Å². The lowest BCUT2D eigenvalue weighted by atomic mass is 10.2. The lowest BCUT2D eigenvalue weighted by Gasteiger charge is -2.27. The summed E-state index contributed by atoms with van der Waals surface area (Å²) in [6, 6.07) is 6.08. The van der Waals surface area contributed by atoms with Gasteiger partial charge in [0.1, 0.15) is 11.5 Å². The summed E-state index contributed by atoms with van der Waals surface area (Å²) in [5, 5.41) is 7.40. The SMILES string of the molecule is CC(C)CN(CCC(=N)N)c1cccc2nccn12. The second kappa shape index (κ2) is 5.73. The first-order valence-electron chi connectivity index (χ1n) is 6.58. The third-order valence-corrected chi connectivity index (χ3v) is 2.97. The Balaban J connectivity index is 2.30. The number of pyridine rings is 1. The van der Waals surface area contributed by atoms with Crippen molar-refractivity contribution in [3.8, 4) is 0 Å². The molecule has 0 radical (unpaired) electrons. The van der Waals surface area contributed by atoms with Crippen LogP contribution in [0.25, 0.3) is 5.65 Å². The zero-order valence-electron chi connectivity index (χ0n) is 11.5. The number of rotatable bonds is 6. The maximum atomic E-state index is 7.40. The van der Waals surface area contributed by atoms with E-state index in [9.17, 15) is 0 Å². The summed E-state index contributed by atoms with van der Waals surface area (Å²) in [4.78, 5) is 6.57. The highest BCUT2D eigenvalue weighted by molar-refractivity contribution is 5.77. The number of amidine groups is 1. The number of anilines is 1. The minimum atomic E-state index is 0.228. The van der Waals surface area contributed by atoms with E-state index in [1.807, 2.05) is 18.3 Å². The molecule has 0 unspecified atom stereocenters. The molecule has 2 rings (SSSR count). The van der Waals surface area contributed by atoms with Crippen LogP contribution in [0.2, 0.25) is 0 Å². The standard InChI is InChI=1S/C14H21N5/c1-11(2)10-18(8-6-12(15)16)14-5-3-4-13-17-7-9-19(13)14/h3-5,7,9,11H,6,8,10H2,1-2H3,(H3,15,16). The first-order valence-corrected chi connectivity index (χ1v) is 6.58. The first kappa shape index (κ1) is 13.4. The highest BCUT2D eigenvalue weighted by Crippen LogP contribution is 2.18. The van der Waals surface area contributed by atoms with Crippen molar-refractivity contribution in [3.63, 3.8) is 0 Å². The van der Waals surface area contributed by atoms with E-state index in [-0.39, 0.29) is 5.84 Å². The van der Waals surface area contributed by atoms with Gasteiger partial charge in [0.25, 0.3) is 0 Å². The molecule has 2 aromatic rings. The van der Waals surface area contributed by atoms with Crippen LogP contribution in [-0.4, -0.2) is 28.3 Å². The lowest BCUT2D eigenvalue weighted by Crippen LogP contribution is -2.32. The number of hydrogen-bond donors (Lipinski definition) is 2. The van der Waals surface area contributed by atoms with Crippen LogP contribution in [0.4, 0.5) is 5.82 Å². The molecule has 0 aliphatic rings. The highest BCUT2D eigenvalue weighted by Gasteiger charge is 2.12. The van der Waals surface area contributed by atoms with Gasteiger partial charge in [-0.05, 0) is 18.1 Å². The zero-order chi connectivity index (χ0) is 13.8. The van der Waals surface area contributed by atoms with E-state index in [0.29, 0.717) is 12.3 Å². The molecular weight excluding hydrogens is 238 g/mol. The fourth-order valence-corrected chi connectivity index (χ4v) is 2.19. The number of hydrogen-bond acceptors (Lipinski definition) is 3. The summed E-state index contributed by atoms with van der Waals surface area (Å²) in [5.74, 6) is 1.88. The predicted octanol–water partition coefficient (Wildman–Crippen LogP) is 2.12. The minimum Gasteiger partial charge on any atom is -0.388 e. The number of nitrogens with zero attached hydrogens (tertiary/aromatic N) is 3. The van der Waals surface area contributed by atoms with Crippen molar-refractivity contribution in [2.24, 2.45) is 11.7 Å². The van der Waals surface area contributed by atoms with E-state index in [2.05, 4.69) is 34.2 Å². The molecule has 0 spiro atoms. The van der Waals surface area contributed by atoms with Gasteiger partial charge < -0.3 is 10.6 Å². The van der Waals surface area contributed by atoms with Crippen LogP contribution in [0.3, 0.4) is 0 Å². The summed E-state index contributed by atoms with van der Waals surface area (Å²) < 4.78 is 2.07. The molecule has 0 saturated heterocycles. The largest absolute Gasteiger partial charge is 0.388 e. The molecule has 0 atom stereocenters. The average molecular weight is 259 g/mol. The Morgan fingerprint density at radius 3 is 2.95 bits per heavy atom. The second-order valence-corrected chi connectivity index (χ2v) is 5.15. The van der Waals surface area contributed by atoms with E-state index >= 15 is 0 Å². The Labute approximate surface area is 113 Å². The molecule has 0 aromatic carbocycles. The molecule has 5 heteroatoms.